The first kappa shape index (κ1) is 16.3. The SMILES string of the molecule is CN(Cc1ccn(C)n1)C(=O)c1ccc(Cn2cc(Cl)cn2)cc1. The molecule has 0 atom stereocenters. The Morgan fingerprint density at radius 3 is 2.58 bits per heavy atom. The summed E-state index contributed by atoms with van der Waals surface area (Å²) >= 11 is 5.86. The lowest BCUT2D eigenvalue weighted by atomic mass is 10.1. The molecule has 0 radical (unpaired) electrons. The van der Waals surface area contributed by atoms with E-state index in [-0.39, 0.29) is 5.91 Å². The van der Waals surface area contributed by atoms with Gasteiger partial charge in [0, 0.05) is 32.1 Å². The zero-order valence-electron chi connectivity index (χ0n) is 13.6. The average Bonchev–Trinajstić information content (AvgIpc) is 3.15. The van der Waals surface area contributed by atoms with Crippen molar-refractivity contribution in [3.63, 3.8) is 0 Å². The van der Waals surface area contributed by atoms with Gasteiger partial charge in [-0.3, -0.25) is 14.2 Å². The van der Waals surface area contributed by atoms with Crippen LogP contribution in [0.1, 0.15) is 21.6 Å². The molecule has 124 valence electrons. The van der Waals surface area contributed by atoms with Crippen LogP contribution in [-0.4, -0.2) is 37.4 Å². The monoisotopic (exact) mass is 343 g/mol. The molecule has 0 unspecified atom stereocenters. The van der Waals surface area contributed by atoms with E-state index in [4.69, 9.17) is 11.6 Å². The number of carbonyl (C=O) groups excluding carboxylic acids is 1. The van der Waals surface area contributed by atoms with Crippen LogP contribution in [-0.2, 0) is 20.1 Å². The molecule has 2 aromatic heterocycles. The van der Waals surface area contributed by atoms with E-state index in [0.717, 1.165) is 11.3 Å². The largest absolute Gasteiger partial charge is 0.336 e. The third-order valence-corrected chi connectivity index (χ3v) is 3.86. The van der Waals surface area contributed by atoms with Crippen LogP contribution in [0.5, 0.6) is 0 Å². The van der Waals surface area contributed by atoms with Crippen LogP contribution in [0, 0.1) is 0 Å². The molecule has 0 bridgehead atoms. The number of aromatic nitrogens is 4. The zero-order chi connectivity index (χ0) is 17.1. The Morgan fingerprint density at radius 2 is 2.00 bits per heavy atom. The normalized spacial score (nSPS) is 10.8. The molecule has 0 aliphatic heterocycles. The van der Waals surface area contributed by atoms with Crippen LogP contribution >= 0.6 is 11.6 Å². The summed E-state index contributed by atoms with van der Waals surface area (Å²) in [6, 6.07) is 9.42. The summed E-state index contributed by atoms with van der Waals surface area (Å²) in [7, 11) is 3.63. The van der Waals surface area contributed by atoms with Gasteiger partial charge in [0.25, 0.3) is 5.91 Å². The smallest absolute Gasteiger partial charge is 0.253 e. The second kappa shape index (κ2) is 6.88. The minimum Gasteiger partial charge on any atom is -0.336 e. The van der Waals surface area contributed by atoms with Gasteiger partial charge in [-0.1, -0.05) is 23.7 Å². The minimum absolute atomic E-state index is 0.0330. The topological polar surface area (TPSA) is 56.0 Å². The summed E-state index contributed by atoms with van der Waals surface area (Å²) in [5.74, 6) is -0.0330. The van der Waals surface area contributed by atoms with Crippen molar-refractivity contribution in [3.05, 3.63) is 70.8 Å². The maximum absolute atomic E-state index is 12.5. The van der Waals surface area contributed by atoms with E-state index >= 15 is 0 Å². The van der Waals surface area contributed by atoms with Crippen LogP contribution in [0.4, 0.5) is 0 Å². The van der Waals surface area contributed by atoms with Crippen LogP contribution in [0.15, 0.2) is 48.9 Å². The highest BCUT2D eigenvalue weighted by Crippen LogP contribution is 2.11. The van der Waals surface area contributed by atoms with Crippen molar-refractivity contribution in [2.45, 2.75) is 13.1 Å². The van der Waals surface area contributed by atoms with E-state index in [9.17, 15) is 4.79 Å². The van der Waals surface area contributed by atoms with Crippen LogP contribution in [0.25, 0.3) is 0 Å². The number of benzene rings is 1. The zero-order valence-corrected chi connectivity index (χ0v) is 14.3. The van der Waals surface area contributed by atoms with E-state index in [1.54, 1.807) is 33.7 Å². The van der Waals surface area contributed by atoms with Gasteiger partial charge >= 0.3 is 0 Å². The predicted molar refractivity (Wildman–Crippen MR) is 91.8 cm³/mol. The van der Waals surface area contributed by atoms with Crippen molar-refractivity contribution < 1.29 is 4.79 Å². The van der Waals surface area contributed by atoms with Crippen LogP contribution < -0.4 is 0 Å². The molecule has 0 N–H and O–H groups in total. The van der Waals surface area contributed by atoms with Gasteiger partial charge in [0.1, 0.15) is 0 Å². The van der Waals surface area contributed by atoms with Crippen molar-refractivity contribution >= 4 is 17.5 Å². The highest BCUT2D eigenvalue weighted by molar-refractivity contribution is 6.30. The number of aryl methyl sites for hydroxylation is 1. The minimum atomic E-state index is -0.0330. The fraction of sp³-hybridized carbons (Fsp3) is 0.235. The molecule has 1 amide bonds. The number of nitrogens with zero attached hydrogens (tertiary/aromatic N) is 5. The van der Waals surface area contributed by atoms with Crippen molar-refractivity contribution in [1.29, 1.82) is 0 Å². The maximum atomic E-state index is 12.5. The number of rotatable bonds is 5. The first-order valence-corrected chi connectivity index (χ1v) is 7.90. The lowest BCUT2D eigenvalue weighted by Gasteiger charge is -2.16. The number of carbonyl (C=O) groups is 1. The average molecular weight is 344 g/mol. The number of hydrogen-bond donors (Lipinski definition) is 0. The molecule has 3 aromatic rings. The molecule has 2 heterocycles. The lowest BCUT2D eigenvalue weighted by molar-refractivity contribution is 0.0783. The Labute approximate surface area is 145 Å². The van der Waals surface area contributed by atoms with E-state index in [0.29, 0.717) is 23.7 Å². The summed E-state index contributed by atoms with van der Waals surface area (Å²) in [5, 5.41) is 9.05. The van der Waals surface area contributed by atoms with E-state index < -0.39 is 0 Å². The van der Waals surface area contributed by atoms with Crippen molar-refractivity contribution in [1.82, 2.24) is 24.5 Å². The predicted octanol–water partition coefficient (Wildman–Crippen LogP) is 2.59. The van der Waals surface area contributed by atoms with E-state index in [1.165, 1.54) is 0 Å². The Balaban J connectivity index is 1.64. The van der Waals surface area contributed by atoms with Crippen molar-refractivity contribution in [2.24, 2.45) is 7.05 Å². The molecule has 0 fully saturated rings. The van der Waals surface area contributed by atoms with E-state index in [2.05, 4.69) is 10.2 Å². The number of halogens is 1. The Morgan fingerprint density at radius 1 is 1.25 bits per heavy atom. The molecule has 6 nitrogen and oxygen atoms in total. The second-order valence-electron chi connectivity index (χ2n) is 5.70. The van der Waals surface area contributed by atoms with Gasteiger partial charge in [-0.2, -0.15) is 10.2 Å². The molecule has 0 saturated heterocycles. The molecular formula is C17H18ClN5O. The standard InChI is InChI=1S/C17H18ClN5O/c1-21(12-16-7-8-22(2)20-16)17(24)14-5-3-13(4-6-14)10-23-11-15(18)9-19-23/h3-9,11H,10,12H2,1-2H3. The molecule has 0 aliphatic rings. The van der Waals surface area contributed by atoms with Gasteiger partial charge in [-0.05, 0) is 23.8 Å². The van der Waals surface area contributed by atoms with Gasteiger partial charge in [-0.25, -0.2) is 0 Å². The first-order chi connectivity index (χ1) is 11.5. The molecule has 0 spiro atoms. The molecule has 0 saturated carbocycles. The summed E-state index contributed by atoms with van der Waals surface area (Å²) < 4.78 is 3.48. The summed E-state index contributed by atoms with van der Waals surface area (Å²) in [6.07, 6.45) is 5.23. The van der Waals surface area contributed by atoms with Gasteiger partial charge in [-0.15, -0.1) is 0 Å². The van der Waals surface area contributed by atoms with Crippen molar-refractivity contribution in [2.75, 3.05) is 7.05 Å². The molecule has 3 rings (SSSR count). The summed E-state index contributed by atoms with van der Waals surface area (Å²) in [5.41, 5.74) is 2.56. The van der Waals surface area contributed by atoms with Gasteiger partial charge in [0.05, 0.1) is 30.0 Å². The second-order valence-corrected chi connectivity index (χ2v) is 6.13. The molecule has 1 aromatic carbocycles. The highest BCUT2D eigenvalue weighted by atomic mass is 35.5. The third-order valence-electron chi connectivity index (χ3n) is 3.66. The van der Waals surface area contributed by atoms with Crippen LogP contribution in [0.3, 0.4) is 0 Å². The maximum Gasteiger partial charge on any atom is 0.253 e. The fourth-order valence-electron chi connectivity index (χ4n) is 2.45. The van der Waals surface area contributed by atoms with Crippen LogP contribution in [0.2, 0.25) is 5.02 Å². The Bertz CT molecular complexity index is 837. The lowest BCUT2D eigenvalue weighted by Crippen LogP contribution is -2.26. The van der Waals surface area contributed by atoms with Gasteiger partial charge < -0.3 is 4.90 Å². The Hall–Kier alpha value is -2.60. The first-order valence-electron chi connectivity index (χ1n) is 7.52. The molecule has 24 heavy (non-hydrogen) atoms. The molecule has 7 heteroatoms. The quantitative estimate of drug-likeness (QED) is 0.715. The van der Waals surface area contributed by atoms with Crippen molar-refractivity contribution in [3.8, 4) is 0 Å². The summed E-state index contributed by atoms with van der Waals surface area (Å²) in [4.78, 5) is 14.1. The fourth-order valence-corrected chi connectivity index (χ4v) is 2.60. The number of amides is 1. The summed E-state index contributed by atoms with van der Waals surface area (Å²) in [6.45, 7) is 1.10. The third kappa shape index (κ3) is 3.83. The molecule has 0 aliphatic carbocycles. The number of hydrogen-bond acceptors (Lipinski definition) is 3. The molecular weight excluding hydrogens is 326 g/mol. The van der Waals surface area contributed by atoms with E-state index in [1.807, 2.05) is 43.6 Å². The Kier molecular flexibility index (Phi) is 4.66. The van der Waals surface area contributed by atoms with Gasteiger partial charge in [0.2, 0.25) is 0 Å². The van der Waals surface area contributed by atoms with Gasteiger partial charge in [0.15, 0.2) is 0 Å². The highest BCUT2D eigenvalue weighted by Gasteiger charge is 2.13.